The summed E-state index contributed by atoms with van der Waals surface area (Å²) in [6, 6.07) is 5.18. The van der Waals surface area contributed by atoms with Gasteiger partial charge in [0.2, 0.25) is 0 Å². The van der Waals surface area contributed by atoms with Crippen molar-refractivity contribution in [2.24, 2.45) is 0 Å². The topological polar surface area (TPSA) is 67.2 Å². The van der Waals surface area contributed by atoms with Crippen LogP contribution in [0.3, 0.4) is 0 Å². The van der Waals surface area contributed by atoms with Crippen LogP contribution in [0.25, 0.3) is 0 Å². The van der Waals surface area contributed by atoms with Crippen molar-refractivity contribution in [3.63, 3.8) is 0 Å². The summed E-state index contributed by atoms with van der Waals surface area (Å²) >= 11 is 0. The molecule has 5 nitrogen and oxygen atoms in total. The summed E-state index contributed by atoms with van der Waals surface area (Å²) in [4.78, 5) is 15.9. The van der Waals surface area contributed by atoms with E-state index in [4.69, 9.17) is 4.42 Å². The molecule has 0 aliphatic rings. The van der Waals surface area contributed by atoms with Crippen LogP contribution in [-0.2, 0) is 6.54 Å². The lowest BCUT2D eigenvalue weighted by Gasteiger charge is -2.05. The summed E-state index contributed by atoms with van der Waals surface area (Å²) in [5.41, 5.74) is 1.51. The number of rotatable bonds is 4. The Morgan fingerprint density at radius 3 is 3.06 bits per heavy atom. The van der Waals surface area contributed by atoms with E-state index in [1.165, 1.54) is 0 Å². The molecule has 0 bridgehead atoms. The zero-order chi connectivity index (χ0) is 12.1. The molecule has 88 valence electrons. The molecule has 2 heterocycles. The lowest BCUT2D eigenvalue weighted by molar-refractivity contribution is 0.0951. The monoisotopic (exact) mass is 231 g/mol. The molecule has 0 aromatic carbocycles. The molecule has 0 atom stereocenters. The van der Waals surface area contributed by atoms with Crippen LogP contribution in [0.1, 0.15) is 15.9 Å². The minimum Gasteiger partial charge on any atom is -0.472 e. The van der Waals surface area contributed by atoms with Gasteiger partial charge in [0, 0.05) is 30.9 Å². The van der Waals surface area contributed by atoms with Crippen LogP contribution in [0, 0.1) is 0 Å². The Kier molecular flexibility index (Phi) is 3.40. The largest absolute Gasteiger partial charge is 0.472 e. The second-order valence-corrected chi connectivity index (χ2v) is 3.49. The first-order valence-electron chi connectivity index (χ1n) is 5.22. The highest BCUT2D eigenvalue weighted by Gasteiger charge is 2.06. The molecule has 2 N–H and O–H groups in total. The molecule has 0 aliphatic carbocycles. The Labute approximate surface area is 98.9 Å². The molecular formula is C12H13N3O2. The van der Waals surface area contributed by atoms with Crippen LogP contribution in [0.4, 0.5) is 5.82 Å². The Balaban J connectivity index is 1.99. The van der Waals surface area contributed by atoms with Crippen molar-refractivity contribution >= 4 is 11.7 Å². The maximum atomic E-state index is 11.8. The zero-order valence-electron chi connectivity index (χ0n) is 9.43. The average Bonchev–Trinajstić information content (AvgIpc) is 2.89. The number of hydrogen-bond donors (Lipinski definition) is 2. The smallest absolute Gasteiger partial charge is 0.251 e. The highest BCUT2D eigenvalue weighted by molar-refractivity contribution is 5.94. The minimum atomic E-state index is -0.134. The fourth-order valence-corrected chi connectivity index (χ4v) is 1.39. The van der Waals surface area contributed by atoms with Gasteiger partial charge >= 0.3 is 0 Å². The van der Waals surface area contributed by atoms with E-state index in [0.717, 1.165) is 5.56 Å². The van der Waals surface area contributed by atoms with E-state index in [1.54, 1.807) is 37.9 Å². The van der Waals surface area contributed by atoms with Crippen molar-refractivity contribution in [2.75, 3.05) is 12.4 Å². The van der Waals surface area contributed by atoms with E-state index in [0.29, 0.717) is 17.9 Å². The molecule has 0 radical (unpaired) electrons. The maximum Gasteiger partial charge on any atom is 0.251 e. The summed E-state index contributed by atoms with van der Waals surface area (Å²) in [5.74, 6) is 0.533. The fraction of sp³-hybridized carbons (Fsp3) is 0.167. The van der Waals surface area contributed by atoms with Gasteiger partial charge in [-0.1, -0.05) is 0 Å². The molecule has 0 unspecified atom stereocenters. The molecule has 0 saturated heterocycles. The van der Waals surface area contributed by atoms with Gasteiger partial charge in [-0.2, -0.15) is 0 Å². The summed E-state index contributed by atoms with van der Waals surface area (Å²) in [6.07, 6.45) is 4.78. The van der Waals surface area contributed by atoms with E-state index >= 15 is 0 Å². The zero-order valence-corrected chi connectivity index (χ0v) is 9.43. The van der Waals surface area contributed by atoms with Gasteiger partial charge in [0.1, 0.15) is 5.82 Å². The first kappa shape index (κ1) is 11.2. The summed E-state index contributed by atoms with van der Waals surface area (Å²) in [5, 5.41) is 5.68. The van der Waals surface area contributed by atoms with Crippen LogP contribution < -0.4 is 10.6 Å². The molecule has 0 fully saturated rings. The predicted molar refractivity (Wildman–Crippen MR) is 63.7 cm³/mol. The molecule has 2 rings (SSSR count). The van der Waals surface area contributed by atoms with Crippen molar-refractivity contribution in [3.05, 3.63) is 48.0 Å². The van der Waals surface area contributed by atoms with Gasteiger partial charge in [-0.15, -0.1) is 0 Å². The lowest BCUT2D eigenvalue weighted by Crippen LogP contribution is -2.22. The van der Waals surface area contributed by atoms with Crippen LogP contribution in [0.2, 0.25) is 0 Å². The molecule has 0 spiro atoms. The number of hydrogen-bond acceptors (Lipinski definition) is 4. The van der Waals surface area contributed by atoms with Crippen molar-refractivity contribution in [2.45, 2.75) is 6.54 Å². The van der Waals surface area contributed by atoms with Gasteiger partial charge in [-0.05, 0) is 18.2 Å². The molecule has 5 heteroatoms. The van der Waals surface area contributed by atoms with Crippen LogP contribution in [0.15, 0.2) is 41.3 Å². The standard InChI is InChI=1S/C12H13N3O2/c1-13-11-6-10(2-4-14-11)12(16)15-7-9-3-5-17-8-9/h2-6,8H,7H2,1H3,(H,13,14)(H,15,16). The van der Waals surface area contributed by atoms with Gasteiger partial charge in [0.05, 0.1) is 12.5 Å². The summed E-state index contributed by atoms with van der Waals surface area (Å²) in [6.45, 7) is 0.451. The second-order valence-electron chi connectivity index (χ2n) is 3.49. The molecule has 2 aromatic rings. The lowest BCUT2D eigenvalue weighted by atomic mass is 10.2. The Morgan fingerprint density at radius 1 is 1.47 bits per heavy atom. The number of carbonyl (C=O) groups excluding carboxylic acids is 1. The quantitative estimate of drug-likeness (QED) is 0.839. The SMILES string of the molecule is CNc1cc(C(=O)NCc2ccoc2)ccn1. The second kappa shape index (κ2) is 5.16. The van der Waals surface area contributed by atoms with Crippen LogP contribution in [0.5, 0.6) is 0 Å². The van der Waals surface area contributed by atoms with Crippen molar-refractivity contribution in [1.82, 2.24) is 10.3 Å². The number of amides is 1. The highest BCUT2D eigenvalue weighted by Crippen LogP contribution is 2.06. The van der Waals surface area contributed by atoms with Gasteiger partial charge < -0.3 is 15.1 Å². The summed E-state index contributed by atoms with van der Waals surface area (Å²) in [7, 11) is 1.76. The van der Waals surface area contributed by atoms with Crippen molar-refractivity contribution in [1.29, 1.82) is 0 Å². The molecule has 17 heavy (non-hydrogen) atoms. The van der Waals surface area contributed by atoms with E-state index < -0.39 is 0 Å². The van der Waals surface area contributed by atoms with Gasteiger partial charge in [0.25, 0.3) is 5.91 Å². The van der Waals surface area contributed by atoms with Gasteiger partial charge in [0.15, 0.2) is 0 Å². The minimum absolute atomic E-state index is 0.134. The molecular weight excluding hydrogens is 218 g/mol. The predicted octanol–water partition coefficient (Wildman–Crippen LogP) is 1.65. The average molecular weight is 231 g/mol. The third kappa shape index (κ3) is 2.84. The maximum absolute atomic E-state index is 11.8. The molecule has 0 saturated carbocycles. The first-order chi connectivity index (χ1) is 8.29. The van der Waals surface area contributed by atoms with Crippen molar-refractivity contribution in [3.8, 4) is 0 Å². The fourth-order valence-electron chi connectivity index (χ4n) is 1.39. The number of nitrogens with zero attached hydrogens (tertiary/aromatic N) is 1. The molecule has 2 aromatic heterocycles. The van der Waals surface area contributed by atoms with Crippen LogP contribution >= 0.6 is 0 Å². The van der Waals surface area contributed by atoms with Gasteiger partial charge in [-0.3, -0.25) is 4.79 Å². The summed E-state index contributed by atoms with van der Waals surface area (Å²) < 4.78 is 4.92. The highest BCUT2D eigenvalue weighted by atomic mass is 16.3. The number of pyridine rings is 1. The Bertz CT molecular complexity index is 494. The third-order valence-electron chi connectivity index (χ3n) is 2.31. The number of aromatic nitrogens is 1. The Morgan fingerprint density at radius 2 is 2.35 bits per heavy atom. The van der Waals surface area contributed by atoms with E-state index in [9.17, 15) is 4.79 Å². The van der Waals surface area contributed by atoms with Crippen LogP contribution in [-0.4, -0.2) is 17.9 Å². The molecule has 1 amide bonds. The van der Waals surface area contributed by atoms with E-state index in [-0.39, 0.29) is 5.91 Å². The molecule has 0 aliphatic heterocycles. The van der Waals surface area contributed by atoms with E-state index in [2.05, 4.69) is 15.6 Å². The van der Waals surface area contributed by atoms with E-state index in [1.807, 2.05) is 6.07 Å². The number of carbonyl (C=O) groups is 1. The number of nitrogens with one attached hydrogen (secondary N) is 2. The third-order valence-corrected chi connectivity index (χ3v) is 2.31. The Hall–Kier alpha value is -2.30. The number of anilines is 1. The first-order valence-corrected chi connectivity index (χ1v) is 5.22. The van der Waals surface area contributed by atoms with Gasteiger partial charge in [-0.25, -0.2) is 4.98 Å². The van der Waals surface area contributed by atoms with Crippen molar-refractivity contribution < 1.29 is 9.21 Å². The number of furan rings is 1. The normalized spacial score (nSPS) is 9.94.